The van der Waals surface area contributed by atoms with E-state index in [2.05, 4.69) is 32.8 Å². The van der Waals surface area contributed by atoms with E-state index in [1.807, 2.05) is 49.4 Å². The number of H-pyrrole nitrogens is 2. The van der Waals surface area contributed by atoms with Crippen LogP contribution < -0.4 is 0 Å². The lowest BCUT2D eigenvalue weighted by Gasteiger charge is -2.06. The van der Waals surface area contributed by atoms with Crippen molar-refractivity contribution in [1.82, 2.24) is 25.1 Å². The Balaban J connectivity index is 1.62. The van der Waals surface area contributed by atoms with Crippen molar-refractivity contribution >= 4 is 16.5 Å². The lowest BCUT2D eigenvalue weighted by atomic mass is 10.0. The molecule has 0 amide bonds. The molecule has 0 radical (unpaired) electrons. The van der Waals surface area contributed by atoms with Gasteiger partial charge in [-0.25, -0.2) is 9.37 Å². The quantitative estimate of drug-likeness (QED) is 0.338. The normalized spacial score (nSPS) is 11.8. The number of halogens is 1. The monoisotopic (exact) mass is 421 g/mol. The van der Waals surface area contributed by atoms with Crippen LogP contribution in [-0.4, -0.2) is 25.1 Å². The smallest absolute Gasteiger partial charge is 0.159 e. The van der Waals surface area contributed by atoms with Crippen molar-refractivity contribution in [1.29, 1.82) is 0 Å². The Morgan fingerprint density at radius 2 is 1.97 bits per heavy atom. The average Bonchev–Trinajstić information content (AvgIpc) is 3.41. The van der Waals surface area contributed by atoms with Crippen LogP contribution in [0.25, 0.3) is 39.3 Å². The van der Waals surface area contributed by atoms with Gasteiger partial charge in [0, 0.05) is 28.4 Å². The molecule has 0 fully saturated rings. The van der Waals surface area contributed by atoms with Crippen LogP contribution in [0.3, 0.4) is 0 Å². The van der Waals surface area contributed by atoms with Crippen LogP contribution >= 0.6 is 0 Å². The molecule has 0 bridgehead atoms. The molecule has 0 aliphatic heterocycles. The molecule has 3 heterocycles. The van der Waals surface area contributed by atoms with Crippen molar-refractivity contribution in [2.45, 2.75) is 6.92 Å². The fraction of sp³-hybridized carbons (Fsp3) is 0.0385. The van der Waals surface area contributed by atoms with Gasteiger partial charge >= 0.3 is 0 Å². The van der Waals surface area contributed by atoms with Gasteiger partial charge in [-0.2, -0.15) is 5.10 Å². The Morgan fingerprint density at radius 1 is 1.06 bits per heavy atom. The number of benzene rings is 2. The predicted octanol–water partition coefficient (Wildman–Crippen LogP) is 6.08. The highest BCUT2D eigenvalue weighted by atomic mass is 19.1. The number of hydrogen-bond donors (Lipinski definition) is 2. The third-order valence-corrected chi connectivity index (χ3v) is 5.31. The fourth-order valence-electron chi connectivity index (χ4n) is 3.81. The molecular weight excluding hydrogens is 401 g/mol. The highest BCUT2D eigenvalue weighted by Crippen LogP contribution is 2.32. The van der Waals surface area contributed by atoms with Gasteiger partial charge in [0.15, 0.2) is 5.82 Å². The maximum Gasteiger partial charge on any atom is 0.159 e. The Bertz CT molecular complexity index is 1460. The zero-order chi connectivity index (χ0) is 22.1. The number of allylic oxidation sites excluding steroid dienone is 2. The van der Waals surface area contributed by atoms with Crippen LogP contribution in [0.2, 0.25) is 0 Å². The number of aromatic nitrogens is 5. The summed E-state index contributed by atoms with van der Waals surface area (Å²) in [5.41, 5.74) is 6.60. The Hall–Kier alpha value is -4.32. The van der Waals surface area contributed by atoms with Gasteiger partial charge < -0.3 is 4.98 Å². The van der Waals surface area contributed by atoms with Crippen molar-refractivity contribution in [2.75, 3.05) is 0 Å². The molecule has 6 heteroatoms. The highest BCUT2D eigenvalue weighted by molar-refractivity contribution is 5.94. The van der Waals surface area contributed by atoms with Gasteiger partial charge in [0.2, 0.25) is 0 Å². The molecule has 0 unspecified atom stereocenters. The molecule has 0 aliphatic carbocycles. The number of imidazole rings is 1. The molecule has 2 aromatic carbocycles. The van der Waals surface area contributed by atoms with Crippen molar-refractivity contribution in [3.63, 3.8) is 0 Å². The largest absolute Gasteiger partial charge is 0.340 e. The van der Waals surface area contributed by atoms with E-state index in [0.29, 0.717) is 11.5 Å². The molecule has 5 nitrogen and oxygen atoms in total. The molecule has 0 atom stereocenters. The highest BCUT2D eigenvalue weighted by Gasteiger charge is 2.18. The average molecular weight is 421 g/mol. The van der Waals surface area contributed by atoms with Crippen LogP contribution in [0, 0.1) is 12.7 Å². The summed E-state index contributed by atoms with van der Waals surface area (Å²) in [6.45, 7) is 5.75. The van der Waals surface area contributed by atoms with E-state index in [1.54, 1.807) is 18.3 Å². The summed E-state index contributed by atoms with van der Waals surface area (Å²) in [5, 5.41) is 8.52. The summed E-state index contributed by atoms with van der Waals surface area (Å²) in [7, 11) is 0. The number of aryl methyl sites for hydroxylation is 1. The zero-order valence-corrected chi connectivity index (χ0v) is 17.4. The van der Waals surface area contributed by atoms with E-state index < -0.39 is 0 Å². The van der Waals surface area contributed by atoms with E-state index in [9.17, 15) is 4.39 Å². The molecule has 5 aromatic rings. The molecule has 0 saturated carbocycles. The molecule has 0 spiro atoms. The Morgan fingerprint density at radius 3 is 2.75 bits per heavy atom. The van der Waals surface area contributed by atoms with Gasteiger partial charge in [0.25, 0.3) is 0 Å². The first kappa shape index (κ1) is 19.6. The molecule has 156 valence electrons. The molecular formula is C26H20FN5. The first-order chi connectivity index (χ1) is 15.6. The van der Waals surface area contributed by atoms with Gasteiger partial charge in [0.05, 0.1) is 16.9 Å². The summed E-state index contributed by atoms with van der Waals surface area (Å²) < 4.78 is 13.9. The SMILES string of the molecule is C=C/C=C(/c1cccc(F)c1)c1nc(-c2n[nH]c3ccc(-c4ccccn4)cc23)[nH]c1C. The Kier molecular flexibility index (Phi) is 4.95. The second kappa shape index (κ2) is 8.07. The fourth-order valence-corrected chi connectivity index (χ4v) is 3.81. The van der Waals surface area contributed by atoms with Crippen molar-refractivity contribution in [3.8, 4) is 22.8 Å². The van der Waals surface area contributed by atoms with Crippen LogP contribution in [0.5, 0.6) is 0 Å². The first-order valence-corrected chi connectivity index (χ1v) is 10.2. The summed E-state index contributed by atoms with van der Waals surface area (Å²) >= 11 is 0. The van der Waals surface area contributed by atoms with E-state index >= 15 is 0 Å². The van der Waals surface area contributed by atoms with E-state index in [-0.39, 0.29) is 5.82 Å². The standard InChI is InChI=1S/C26H20FN5/c1-3-7-20(17-8-6-9-19(27)14-17)24-16(2)29-26(30-24)25-21-15-18(11-12-23(21)31-32-25)22-10-4-5-13-28-22/h3-15H,1H2,2H3,(H,29,30)(H,31,32)/b20-7-. The Labute approximate surface area is 184 Å². The maximum absolute atomic E-state index is 13.9. The summed E-state index contributed by atoms with van der Waals surface area (Å²) in [5.74, 6) is 0.333. The van der Waals surface area contributed by atoms with Crippen LogP contribution in [-0.2, 0) is 0 Å². The minimum absolute atomic E-state index is 0.300. The molecule has 0 aliphatic rings. The van der Waals surface area contributed by atoms with Gasteiger partial charge in [-0.15, -0.1) is 0 Å². The molecule has 32 heavy (non-hydrogen) atoms. The van der Waals surface area contributed by atoms with Crippen LogP contribution in [0.15, 0.2) is 85.6 Å². The number of pyridine rings is 1. The van der Waals surface area contributed by atoms with Crippen LogP contribution in [0.4, 0.5) is 4.39 Å². The van der Waals surface area contributed by atoms with Gasteiger partial charge in [-0.1, -0.05) is 43.0 Å². The number of rotatable bonds is 5. The number of nitrogens with zero attached hydrogens (tertiary/aromatic N) is 3. The van der Waals surface area contributed by atoms with Gasteiger partial charge in [-0.3, -0.25) is 10.1 Å². The van der Waals surface area contributed by atoms with E-state index in [0.717, 1.165) is 44.7 Å². The second-order valence-electron chi connectivity index (χ2n) is 7.43. The number of fused-ring (bicyclic) bond motifs is 1. The summed E-state index contributed by atoms with van der Waals surface area (Å²) in [4.78, 5) is 12.6. The number of nitrogens with one attached hydrogen (secondary N) is 2. The van der Waals surface area contributed by atoms with Crippen molar-refractivity contribution < 1.29 is 4.39 Å². The minimum Gasteiger partial charge on any atom is -0.340 e. The van der Waals surface area contributed by atoms with Crippen molar-refractivity contribution in [3.05, 3.63) is 108 Å². The first-order valence-electron chi connectivity index (χ1n) is 10.2. The number of aromatic amines is 2. The van der Waals surface area contributed by atoms with E-state index in [4.69, 9.17) is 4.98 Å². The minimum atomic E-state index is -0.300. The zero-order valence-electron chi connectivity index (χ0n) is 17.4. The third kappa shape index (κ3) is 3.52. The van der Waals surface area contributed by atoms with E-state index in [1.165, 1.54) is 12.1 Å². The van der Waals surface area contributed by atoms with Gasteiger partial charge in [-0.05, 0) is 48.9 Å². The molecule has 5 rings (SSSR count). The van der Waals surface area contributed by atoms with Crippen LogP contribution in [0.1, 0.15) is 17.0 Å². The number of hydrogen-bond acceptors (Lipinski definition) is 3. The topological polar surface area (TPSA) is 70.2 Å². The lowest BCUT2D eigenvalue weighted by Crippen LogP contribution is -1.92. The second-order valence-corrected chi connectivity index (χ2v) is 7.43. The lowest BCUT2D eigenvalue weighted by molar-refractivity contribution is 0.627. The van der Waals surface area contributed by atoms with Crippen molar-refractivity contribution in [2.24, 2.45) is 0 Å². The maximum atomic E-state index is 13.9. The predicted molar refractivity (Wildman–Crippen MR) is 125 cm³/mol. The summed E-state index contributed by atoms with van der Waals surface area (Å²) in [6.07, 6.45) is 5.29. The van der Waals surface area contributed by atoms with Gasteiger partial charge in [0.1, 0.15) is 11.5 Å². The molecule has 0 saturated heterocycles. The molecule has 2 N–H and O–H groups in total. The summed E-state index contributed by atoms with van der Waals surface area (Å²) in [6, 6.07) is 18.3. The molecule has 3 aromatic heterocycles. The third-order valence-electron chi connectivity index (χ3n) is 5.31.